The average molecular weight is 367 g/mol. The molecule has 0 amide bonds. The fourth-order valence-electron chi connectivity index (χ4n) is 3.76. The highest BCUT2D eigenvalue weighted by Crippen LogP contribution is 2.25. The van der Waals surface area contributed by atoms with Crippen molar-refractivity contribution in [2.24, 2.45) is 0 Å². The van der Waals surface area contributed by atoms with Crippen molar-refractivity contribution in [3.8, 4) is 0 Å². The normalized spacial score (nSPS) is 16.4. The number of rotatable bonds is 6. The second-order valence-corrected chi connectivity index (χ2v) is 6.83. The van der Waals surface area contributed by atoms with E-state index in [9.17, 15) is 14.7 Å². The van der Waals surface area contributed by atoms with Gasteiger partial charge >= 0.3 is 11.7 Å². The number of fused-ring (bicyclic) bond motifs is 2. The Morgan fingerprint density at radius 3 is 3.00 bits per heavy atom. The summed E-state index contributed by atoms with van der Waals surface area (Å²) >= 11 is 0. The van der Waals surface area contributed by atoms with Gasteiger partial charge in [-0.25, -0.2) is 9.59 Å². The molecule has 2 aromatic heterocycles. The molecule has 2 heterocycles. The number of aromatic carboxylic acids is 1. The van der Waals surface area contributed by atoms with Crippen LogP contribution in [0.3, 0.4) is 0 Å². The largest absolute Gasteiger partial charge is 0.476 e. The predicted octanol–water partition coefficient (Wildman–Crippen LogP) is 1.58. The number of hydrogen-bond acceptors (Lipinski definition) is 4. The summed E-state index contributed by atoms with van der Waals surface area (Å²) in [6, 6.07) is 5.97. The van der Waals surface area contributed by atoms with Crippen LogP contribution in [-0.4, -0.2) is 36.9 Å². The Kier molecular flexibility index (Phi) is 4.41. The van der Waals surface area contributed by atoms with Crippen molar-refractivity contribution in [3.63, 3.8) is 0 Å². The number of aromatic nitrogens is 4. The number of benzene rings is 1. The highest BCUT2D eigenvalue weighted by Gasteiger charge is 2.28. The van der Waals surface area contributed by atoms with Gasteiger partial charge in [0.1, 0.15) is 0 Å². The Morgan fingerprint density at radius 1 is 1.41 bits per heavy atom. The summed E-state index contributed by atoms with van der Waals surface area (Å²) in [5, 5.41) is 17.2. The molecule has 0 fully saturated rings. The van der Waals surface area contributed by atoms with Crippen LogP contribution >= 0.6 is 0 Å². The minimum atomic E-state index is -0.989. The van der Waals surface area contributed by atoms with E-state index < -0.39 is 5.97 Å². The second kappa shape index (κ2) is 6.88. The maximum Gasteiger partial charge on any atom is 0.356 e. The quantitative estimate of drug-likeness (QED) is 0.494. The van der Waals surface area contributed by atoms with E-state index in [0.717, 1.165) is 40.7 Å². The van der Waals surface area contributed by atoms with E-state index in [1.165, 1.54) is 0 Å². The number of allylic oxidation sites excluding steroid dienone is 1. The Balaban J connectivity index is 1.49. The molecule has 140 valence electrons. The van der Waals surface area contributed by atoms with Gasteiger partial charge in [0, 0.05) is 23.8 Å². The molecule has 1 aliphatic rings. The molecule has 27 heavy (non-hydrogen) atoms. The zero-order valence-corrected chi connectivity index (χ0v) is 14.8. The Bertz CT molecular complexity index is 1070. The maximum absolute atomic E-state index is 11.5. The first-order valence-corrected chi connectivity index (χ1v) is 8.92. The highest BCUT2D eigenvalue weighted by atomic mass is 16.4. The molecule has 1 aliphatic carbocycles. The topological polar surface area (TPSA) is 116 Å². The smallest absolute Gasteiger partial charge is 0.356 e. The van der Waals surface area contributed by atoms with Crippen molar-refractivity contribution in [2.45, 2.75) is 38.4 Å². The third-order valence-electron chi connectivity index (χ3n) is 5.03. The first-order valence-electron chi connectivity index (χ1n) is 8.92. The van der Waals surface area contributed by atoms with E-state index in [1.54, 1.807) is 10.8 Å². The molecule has 0 spiro atoms. The van der Waals surface area contributed by atoms with Crippen molar-refractivity contribution in [3.05, 3.63) is 63.9 Å². The molecule has 1 unspecified atom stereocenters. The van der Waals surface area contributed by atoms with E-state index in [-0.39, 0.29) is 17.4 Å². The summed E-state index contributed by atoms with van der Waals surface area (Å²) in [6.45, 7) is 4.88. The van der Waals surface area contributed by atoms with Gasteiger partial charge in [-0.05, 0) is 37.0 Å². The summed E-state index contributed by atoms with van der Waals surface area (Å²) < 4.78 is 1.75. The fourth-order valence-corrected chi connectivity index (χ4v) is 3.76. The van der Waals surface area contributed by atoms with Crippen LogP contribution in [0.25, 0.3) is 11.0 Å². The minimum Gasteiger partial charge on any atom is -0.476 e. The standard InChI is InChI=1S/C19H21N5O3/c1-2-7-24-16-6-4-12(9-13(16)17(23-24)18(25)26)20-10-11-3-5-14-15(8-11)22-19(27)21-14/h2-3,5,8,12,20H,1,4,6-7,9-10H2,(H,25,26)(H2,21,22,27). The molecule has 8 heteroatoms. The van der Waals surface area contributed by atoms with E-state index >= 15 is 0 Å². The molecular weight excluding hydrogens is 346 g/mol. The predicted molar refractivity (Wildman–Crippen MR) is 101 cm³/mol. The summed E-state index contributed by atoms with van der Waals surface area (Å²) in [6.07, 6.45) is 4.06. The van der Waals surface area contributed by atoms with E-state index in [1.807, 2.05) is 18.2 Å². The van der Waals surface area contributed by atoms with Crippen LogP contribution in [0, 0.1) is 0 Å². The van der Waals surface area contributed by atoms with Crippen molar-refractivity contribution in [1.29, 1.82) is 0 Å². The third-order valence-corrected chi connectivity index (χ3v) is 5.03. The molecule has 4 rings (SSSR count). The van der Waals surface area contributed by atoms with E-state index in [0.29, 0.717) is 19.5 Å². The van der Waals surface area contributed by atoms with E-state index in [2.05, 4.69) is 27.0 Å². The number of aromatic amines is 2. The summed E-state index contributed by atoms with van der Waals surface area (Å²) in [7, 11) is 0. The fraction of sp³-hybridized carbons (Fsp3) is 0.316. The van der Waals surface area contributed by atoms with Crippen LogP contribution in [0.1, 0.15) is 33.7 Å². The number of hydrogen-bond donors (Lipinski definition) is 4. The van der Waals surface area contributed by atoms with Gasteiger partial charge < -0.3 is 20.4 Å². The highest BCUT2D eigenvalue weighted by molar-refractivity contribution is 5.87. The number of nitrogens with zero attached hydrogens (tertiary/aromatic N) is 2. The zero-order chi connectivity index (χ0) is 19.0. The summed E-state index contributed by atoms with van der Waals surface area (Å²) in [4.78, 5) is 28.4. The Hall–Kier alpha value is -3.13. The lowest BCUT2D eigenvalue weighted by molar-refractivity contribution is 0.0688. The van der Waals surface area contributed by atoms with E-state index in [4.69, 9.17) is 0 Å². The zero-order valence-electron chi connectivity index (χ0n) is 14.8. The molecule has 4 N–H and O–H groups in total. The number of imidazole rings is 1. The van der Waals surface area contributed by atoms with Crippen molar-refractivity contribution in [2.75, 3.05) is 0 Å². The lowest BCUT2D eigenvalue weighted by Gasteiger charge is -2.24. The van der Waals surface area contributed by atoms with Crippen molar-refractivity contribution >= 4 is 17.0 Å². The van der Waals surface area contributed by atoms with Gasteiger partial charge in [-0.3, -0.25) is 4.68 Å². The molecule has 0 saturated carbocycles. The van der Waals surface area contributed by atoms with Gasteiger partial charge in [0.2, 0.25) is 0 Å². The first-order chi connectivity index (χ1) is 13.0. The monoisotopic (exact) mass is 367 g/mol. The van der Waals surface area contributed by atoms with Crippen LogP contribution < -0.4 is 11.0 Å². The van der Waals surface area contributed by atoms with Gasteiger partial charge in [-0.1, -0.05) is 12.1 Å². The van der Waals surface area contributed by atoms with Crippen molar-refractivity contribution < 1.29 is 9.90 Å². The number of nitrogens with one attached hydrogen (secondary N) is 3. The first kappa shape index (κ1) is 17.3. The number of H-pyrrole nitrogens is 2. The number of carboxylic acids is 1. The minimum absolute atomic E-state index is 0.143. The number of carboxylic acid groups (broad SMARTS) is 1. The van der Waals surface area contributed by atoms with Gasteiger partial charge in [-0.2, -0.15) is 5.10 Å². The second-order valence-electron chi connectivity index (χ2n) is 6.83. The summed E-state index contributed by atoms with van der Waals surface area (Å²) in [5.41, 5.74) is 4.37. The van der Waals surface area contributed by atoms with Gasteiger partial charge in [0.25, 0.3) is 0 Å². The van der Waals surface area contributed by atoms with Crippen LogP contribution in [0.2, 0.25) is 0 Å². The molecule has 1 aromatic carbocycles. The third kappa shape index (κ3) is 3.31. The van der Waals surface area contributed by atoms with Crippen LogP contribution in [-0.2, 0) is 25.9 Å². The number of carbonyl (C=O) groups is 1. The molecule has 0 saturated heterocycles. The molecule has 8 nitrogen and oxygen atoms in total. The SMILES string of the molecule is C=CCn1nc(C(=O)O)c2c1CCC(NCc1ccc3[nH]c(=O)[nH]c3c1)C2. The van der Waals surface area contributed by atoms with Gasteiger partial charge in [0.05, 0.1) is 17.6 Å². The van der Waals surface area contributed by atoms with Crippen LogP contribution in [0.5, 0.6) is 0 Å². The summed E-state index contributed by atoms with van der Waals surface area (Å²) in [5.74, 6) is -0.989. The molecule has 3 aromatic rings. The van der Waals surface area contributed by atoms with Crippen molar-refractivity contribution in [1.82, 2.24) is 25.1 Å². The van der Waals surface area contributed by atoms with Gasteiger partial charge in [0.15, 0.2) is 5.69 Å². The molecule has 0 radical (unpaired) electrons. The molecule has 0 aliphatic heterocycles. The van der Waals surface area contributed by atoms with Gasteiger partial charge in [-0.15, -0.1) is 6.58 Å². The molecular formula is C19H21N5O3. The Morgan fingerprint density at radius 2 is 2.22 bits per heavy atom. The molecule has 0 bridgehead atoms. The van der Waals surface area contributed by atoms with Crippen LogP contribution in [0.15, 0.2) is 35.6 Å². The average Bonchev–Trinajstić information content (AvgIpc) is 3.19. The maximum atomic E-state index is 11.5. The lowest BCUT2D eigenvalue weighted by Crippen LogP contribution is -2.34. The lowest BCUT2D eigenvalue weighted by atomic mass is 9.91. The Labute approximate surface area is 154 Å². The van der Waals surface area contributed by atoms with Crippen LogP contribution in [0.4, 0.5) is 0 Å². The molecule has 1 atom stereocenters.